The van der Waals surface area contributed by atoms with Crippen LogP contribution in [0.1, 0.15) is 5.56 Å². The van der Waals surface area contributed by atoms with Crippen LogP contribution in [0.2, 0.25) is 0 Å². The van der Waals surface area contributed by atoms with E-state index in [1.54, 1.807) is 18.2 Å². The van der Waals surface area contributed by atoms with Crippen molar-refractivity contribution in [3.8, 4) is 5.75 Å². The van der Waals surface area contributed by atoms with Crippen molar-refractivity contribution >= 4 is 6.08 Å². The minimum absolute atomic E-state index is 0. The summed E-state index contributed by atoms with van der Waals surface area (Å²) in [4.78, 5) is 0. The van der Waals surface area contributed by atoms with E-state index in [1.165, 1.54) is 6.07 Å². The van der Waals surface area contributed by atoms with E-state index >= 15 is 0 Å². The van der Waals surface area contributed by atoms with Crippen LogP contribution in [0.5, 0.6) is 5.75 Å². The molecular formula is C8H7KO. The molecule has 0 fully saturated rings. The molecule has 2 heteroatoms. The maximum atomic E-state index is 10.8. The monoisotopic (exact) mass is 158 g/mol. The second-order valence-electron chi connectivity index (χ2n) is 1.74. The molecule has 1 aromatic carbocycles. The van der Waals surface area contributed by atoms with Crippen LogP contribution in [0, 0.1) is 0 Å². The van der Waals surface area contributed by atoms with E-state index < -0.39 is 0 Å². The zero-order valence-corrected chi connectivity index (χ0v) is 9.13. The second-order valence-corrected chi connectivity index (χ2v) is 1.74. The molecule has 0 N–H and O–H groups in total. The van der Waals surface area contributed by atoms with Gasteiger partial charge in [0, 0.05) is 0 Å². The molecule has 0 saturated carbocycles. The van der Waals surface area contributed by atoms with Gasteiger partial charge in [-0.25, -0.2) is 0 Å². The van der Waals surface area contributed by atoms with Gasteiger partial charge in [0.1, 0.15) is 0 Å². The van der Waals surface area contributed by atoms with Gasteiger partial charge in [-0.1, -0.05) is 36.9 Å². The SMILES string of the molecule is C=Cc1ccccc1[O-].[K+]. The summed E-state index contributed by atoms with van der Waals surface area (Å²) in [5.74, 6) is 0.0347. The van der Waals surface area contributed by atoms with E-state index in [1.807, 2.05) is 6.07 Å². The van der Waals surface area contributed by atoms with Gasteiger partial charge in [0.05, 0.1) is 0 Å². The third kappa shape index (κ3) is 2.56. The molecule has 0 aliphatic heterocycles. The first-order valence-electron chi connectivity index (χ1n) is 2.73. The van der Waals surface area contributed by atoms with Crippen LogP contribution in [-0.4, -0.2) is 0 Å². The third-order valence-electron chi connectivity index (χ3n) is 1.14. The van der Waals surface area contributed by atoms with E-state index in [9.17, 15) is 5.11 Å². The largest absolute Gasteiger partial charge is 1.00 e. The van der Waals surface area contributed by atoms with Gasteiger partial charge in [-0.15, -0.1) is 5.75 Å². The predicted molar refractivity (Wildman–Crippen MR) is 36.0 cm³/mol. The summed E-state index contributed by atoms with van der Waals surface area (Å²) in [6.07, 6.45) is 1.56. The van der Waals surface area contributed by atoms with E-state index in [2.05, 4.69) is 6.58 Å². The van der Waals surface area contributed by atoms with Crippen molar-refractivity contribution in [2.75, 3.05) is 0 Å². The first kappa shape index (κ1) is 10.4. The molecule has 1 nitrogen and oxygen atoms in total. The van der Waals surface area contributed by atoms with E-state index in [0.29, 0.717) is 5.56 Å². The summed E-state index contributed by atoms with van der Waals surface area (Å²) in [5, 5.41) is 10.8. The first-order chi connectivity index (χ1) is 4.34. The Morgan fingerprint density at radius 2 is 1.90 bits per heavy atom. The van der Waals surface area contributed by atoms with Crippen LogP contribution in [-0.2, 0) is 0 Å². The van der Waals surface area contributed by atoms with E-state index in [-0.39, 0.29) is 57.1 Å². The molecule has 0 atom stereocenters. The Hall–Kier alpha value is 0.396. The molecule has 0 amide bonds. The van der Waals surface area contributed by atoms with Crippen LogP contribution >= 0.6 is 0 Å². The molecule has 0 heterocycles. The number of hydrogen-bond acceptors (Lipinski definition) is 1. The zero-order valence-electron chi connectivity index (χ0n) is 6.00. The Balaban J connectivity index is 0.000000810. The Bertz CT molecular complexity index is 220. The first-order valence-corrected chi connectivity index (χ1v) is 2.73. The summed E-state index contributed by atoms with van der Waals surface area (Å²) in [5.41, 5.74) is 0.664. The van der Waals surface area contributed by atoms with Gasteiger partial charge in [-0.3, -0.25) is 0 Å². The maximum absolute atomic E-state index is 10.8. The Labute approximate surface area is 103 Å². The van der Waals surface area contributed by atoms with Gasteiger partial charge >= 0.3 is 51.4 Å². The molecule has 0 saturated heterocycles. The molecule has 1 rings (SSSR count). The van der Waals surface area contributed by atoms with Crippen LogP contribution in [0.4, 0.5) is 0 Å². The van der Waals surface area contributed by atoms with E-state index in [0.717, 1.165) is 0 Å². The quantitative estimate of drug-likeness (QED) is 0.452. The predicted octanol–water partition coefficient (Wildman–Crippen LogP) is -1.59. The van der Waals surface area contributed by atoms with Crippen molar-refractivity contribution in [2.24, 2.45) is 0 Å². The molecule has 1 aromatic rings. The average Bonchev–Trinajstić information content (AvgIpc) is 1.89. The number of rotatable bonds is 1. The summed E-state index contributed by atoms with van der Waals surface area (Å²) in [6.45, 7) is 3.49. The Morgan fingerprint density at radius 1 is 1.30 bits per heavy atom. The molecule has 0 bridgehead atoms. The van der Waals surface area contributed by atoms with Gasteiger partial charge in [0.25, 0.3) is 0 Å². The van der Waals surface area contributed by atoms with Crippen molar-refractivity contribution < 1.29 is 56.5 Å². The normalized spacial score (nSPS) is 8.00. The summed E-state index contributed by atoms with van der Waals surface area (Å²) < 4.78 is 0. The van der Waals surface area contributed by atoms with Gasteiger partial charge in [-0.2, -0.15) is 0 Å². The Morgan fingerprint density at radius 3 is 2.30 bits per heavy atom. The van der Waals surface area contributed by atoms with Gasteiger partial charge < -0.3 is 5.11 Å². The fraction of sp³-hybridized carbons (Fsp3) is 0. The minimum Gasteiger partial charge on any atom is -0.872 e. The average molecular weight is 158 g/mol. The summed E-state index contributed by atoms with van der Waals surface area (Å²) >= 11 is 0. The van der Waals surface area contributed by atoms with Crippen LogP contribution in [0.25, 0.3) is 6.08 Å². The minimum atomic E-state index is 0. The van der Waals surface area contributed by atoms with Gasteiger partial charge in [-0.05, 0) is 5.56 Å². The molecule has 0 spiro atoms. The molecule has 46 valence electrons. The maximum Gasteiger partial charge on any atom is 1.00 e. The summed E-state index contributed by atoms with van der Waals surface area (Å²) in [6, 6.07) is 6.81. The third-order valence-corrected chi connectivity index (χ3v) is 1.14. The smallest absolute Gasteiger partial charge is 0.872 e. The Kier molecular flexibility index (Phi) is 5.30. The molecule has 0 radical (unpaired) electrons. The summed E-state index contributed by atoms with van der Waals surface area (Å²) in [7, 11) is 0. The van der Waals surface area contributed by atoms with Gasteiger partial charge in [0.15, 0.2) is 0 Å². The van der Waals surface area contributed by atoms with Gasteiger partial charge in [0.2, 0.25) is 0 Å². The number of para-hydroxylation sites is 1. The standard InChI is InChI=1S/C8H8O.K/c1-2-7-5-3-4-6-8(7)9;/h2-6,9H,1H2;/q;+1/p-1. The molecular weight excluding hydrogens is 151 g/mol. The fourth-order valence-corrected chi connectivity index (χ4v) is 0.649. The van der Waals surface area contributed by atoms with Crippen LogP contribution in [0.15, 0.2) is 30.8 Å². The number of benzene rings is 1. The van der Waals surface area contributed by atoms with Crippen LogP contribution < -0.4 is 56.5 Å². The molecule has 0 unspecified atom stereocenters. The molecule has 0 aliphatic rings. The van der Waals surface area contributed by atoms with Crippen molar-refractivity contribution in [1.29, 1.82) is 0 Å². The second kappa shape index (κ2) is 5.10. The zero-order chi connectivity index (χ0) is 6.69. The van der Waals surface area contributed by atoms with Crippen LogP contribution in [0.3, 0.4) is 0 Å². The van der Waals surface area contributed by atoms with Crippen molar-refractivity contribution in [3.05, 3.63) is 36.4 Å². The van der Waals surface area contributed by atoms with E-state index in [4.69, 9.17) is 0 Å². The number of hydrogen-bond donors (Lipinski definition) is 0. The molecule has 10 heavy (non-hydrogen) atoms. The van der Waals surface area contributed by atoms with Crippen molar-refractivity contribution in [1.82, 2.24) is 0 Å². The topological polar surface area (TPSA) is 23.1 Å². The van der Waals surface area contributed by atoms with Crippen molar-refractivity contribution in [3.63, 3.8) is 0 Å². The fourth-order valence-electron chi connectivity index (χ4n) is 0.649. The molecule has 0 aromatic heterocycles. The van der Waals surface area contributed by atoms with Crippen molar-refractivity contribution in [2.45, 2.75) is 0 Å². The molecule has 0 aliphatic carbocycles.